The monoisotopic (exact) mass is 1180 g/mol. The molecular weight excluding hydrogens is 1110 g/mol. The Morgan fingerprint density at radius 3 is 1.93 bits per heavy atom. The lowest BCUT2D eigenvalue weighted by atomic mass is 9.86. The van der Waals surface area contributed by atoms with E-state index in [4.69, 9.17) is 19.2 Å². The van der Waals surface area contributed by atoms with E-state index in [-0.39, 0.29) is 121 Å². The van der Waals surface area contributed by atoms with Crippen molar-refractivity contribution in [3.05, 3.63) is 81.2 Å². The molecule has 85 heavy (non-hydrogen) atoms. The Labute approximate surface area is 489 Å². The molecule has 0 bridgehead atoms. The van der Waals surface area contributed by atoms with Gasteiger partial charge in [0.05, 0.1) is 34.6 Å². The average molecular weight is 1180 g/mol. The van der Waals surface area contributed by atoms with Gasteiger partial charge in [-0.05, 0) is 98.0 Å². The number of carbonyl (C=O) groups excluding carboxylic acids is 11. The van der Waals surface area contributed by atoms with Crippen LogP contribution in [-0.4, -0.2) is 159 Å². The summed E-state index contributed by atoms with van der Waals surface area (Å²) in [7, 11) is 1.72. The minimum absolute atomic E-state index is 0.000339. The number of aliphatic hydroxyl groups is 1. The van der Waals surface area contributed by atoms with Crippen LogP contribution in [-0.2, 0) is 82.7 Å². The fourth-order valence-corrected chi connectivity index (χ4v) is 9.98. The summed E-state index contributed by atoms with van der Waals surface area (Å²) in [5.74, 6) is -6.56. The maximum atomic E-state index is 14.3. The molecule has 4 aliphatic heterocycles. The number of nitrogens with zero attached hydrogens (tertiary/aromatic N) is 4. The molecule has 27 heteroatoms. The maximum absolute atomic E-state index is 14.3. The van der Waals surface area contributed by atoms with Gasteiger partial charge >= 0.3 is 12.1 Å². The molecule has 10 amide bonds. The molecule has 3 aromatic rings. The van der Waals surface area contributed by atoms with Gasteiger partial charge in [0, 0.05) is 117 Å². The summed E-state index contributed by atoms with van der Waals surface area (Å²) in [4.78, 5) is 163. The van der Waals surface area contributed by atoms with Crippen molar-refractivity contribution in [1.29, 1.82) is 0 Å². The van der Waals surface area contributed by atoms with Crippen LogP contribution >= 0.6 is 0 Å². The number of benzene rings is 1. The zero-order chi connectivity index (χ0) is 62.0. The number of fused-ring (bicyclic) bond motifs is 5. The molecule has 1 aromatic carbocycles. The highest BCUT2D eigenvalue weighted by Crippen LogP contribution is 2.40. The number of carbonyl (C=O) groups is 11. The van der Waals surface area contributed by atoms with Gasteiger partial charge in [-0.25, -0.2) is 14.6 Å². The van der Waals surface area contributed by atoms with Crippen molar-refractivity contribution in [3.63, 3.8) is 0 Å². The Hall–Kier alpha value is -8.69. The van der Waals surface area contributed by atoms with Crippen LogP contribution in [0.25, 0.3) is 22.3 Å². The van der Waals surface area contributed by atoms with Crippen LogP contribution in [0.4, 0.5) is 4.79 Å². The number of nitrogens with one attached hydrogen (secondary N) is 7. The predicted molar refractivity (Wildman–Crippen MR) is 303 cm³/mol. The van der Waals surface area contributed by atoms with Crippen LogP contribution in [0.2, 0.25) is 0 Å². The number of cyclic esters (lactones) is 1. The molecule has 4 aliphatic rings. The fourth-order valence-electron chi connectivity index (χ4n) is 9.98. The molecule has 8 N–H and O–H groups in total. The lowest BCUT2D eigenvalue weighted by molar-refractivity contribution is -0.172. The van der Waals surface area contributed by atoms with E-state index in [1.54, 1.807) is 46.0 Å². The van der Waals surface area contributed by atoms with Gasteiger partial charge < -0.3 is 61.1 Å². The predicted octanol–water partition coefficient (Wildman–Crippen LogP) is 0.380. The van der Waals surface area contributed by atoms with Crippen molar-refractivity contribution in [3.8, 4) is 17.1 Å². The Morgan fingerprint density at radius 2 is 1.34 bits per heavy atom. The molecule has 0 fully saturated rings. The third-order valence-corrected chi connectivity index (χ3v) is 14.5. The smallest absolute Gasteiger partial charge is 0.412 e. The molecule has 0 spiro atoms. The summed E-state index contributed by atoms with van der Waals surface area (Å²) < 4.78 is 18.3. The number of aromatic nitrogens is 2. The summed E-state index contributed by atoms with van der Waals surface area (Å²) in [5.41, 5.74) is -0.709. The van der Waals surface area contributed by atoms with Crippen LogP contribution in [0.3, 0.4) is 0 Å². The van der Waals surface area contributed by atoms with E-state index < -0.39 is 99.6 Å². The first-order chi connectivity index (χ1) is 40.2. The lowest BCUT2D eigenvalue weighted by Crippen LogP contribution is -2.65. The van der Waals surface area contributed by atoms with Crippen molar-refractivity contribution in [2.24, 2.45) is 0 Å². The Bertz CT molecular complexity index is 3270. The first-order valence-corrected chi connectivity index (χ1v) is 28.1. The second kappa shape index (κ2) is 27.3. The minimum atomic E-state index is -1.98. The number of ether oxygens (including phenoxy) is 3. The highest BCUT2D eigenvalue weighted by molar-refractivity contribution is 6.13. The third-order valence-electron chi connectivity index (χ3n) is 14.5. The summed E-state index contributed by atoms with van der Waals surface area (Å²) in [6.45, 7) is 10.6. The molecule has 0 saturated heterocycles. The Morgan fingerprint density at radius 1 is 0.753 bits per heavy atom. The molecule has 7 rings (SSSR count). The summed E-state index contributed by atoms with van der Waals surface area (Å²) >= 11 is 0. The van der Waals surface area contributed by atoms with Crippen molar-refractivity contribution >= 4 is 76.1 Å². The quantitative estimate of drug-likeness (QED) is 0.0216. The number of rotatable bonds is 28. The van der Waals surface area contributed by atoms with E-state index in [9.17, 15) is 62.6 Å². The van der Waals surface area contributed by atoms with E-state index in [0.717, 1.165) is 34.1 Å². The molecule has 2 aromatic heterocycles. The highest BCUT2D eigenvalue weighted by atomic mass is 16.6. The zero-order valence-electron chi connectivity index (χ0n) is 48.7. The van der Waals surface area contributed by atoms with Gasteiger partial charge in [-0.3, -0.25) is 57.7 Å². The highest BCUT2D eigenvalue weighted by Gasteiger charge is 2.46. The third kappa shape index (κ3) is 15.7. The molecule has 27 nitrogen and oxygen atoms in total. The van der Waals surface area contributed by atoms with Crippen molar-refractivity contribution in [1.82, 2.24) is 56.6 Å². The van der Waals surface area contributed by atoms with E-state index in [2.05, 4.69) is 37.2 Å². The van der Waals surface area contributed by atoms with Gasteiger partial charge in [0.15, 0.2) is 5.60 Å². The number of imide groups is 2. The van der Waals surface area contributed by atoms with Crippen LogP contribution < -0.4 is 47.5 Å². The lowest BCUT2D eigenvalue weighted by Gasteiger charge is -2.33. The molecular formula is C58H73N11O16. The number of amides is 10. The molecule has 0 radical (unpaired) electrons. The first-order valence-electron chi connectivity index (χ1n) is 28.1. The molecule has 0 aliphatic carbocycles. The zero-order valence-corrected chi connectivity index (χ0v) is 48.7. The second-order valence-electron chi connectivity index (χ2n) is 22.5. The fraction of sp³-hybridized carbons (Fsp3) is 0.500. The van der Waals surface area contributed by atoms with Crippen LogP contribution in [0.15, 0.2) is 53.4 Å². The van der Waals surface area contributed by atoms with Crippen molar-refractivity contribution in [2.45, 2.75) is 141 Å². The number of pyridine rings is 2. The average Bonchev–Trinajstić information content (AvgIpc) is 1.89. The number of esters is 1. The van der Waals surface area contributed by atoms with Gasteiger partial charge in [-0.2, -0.15) is 0 Å². The molecule has 0 saturated carbocycles. The van der Waals surface area contributed by atoms with Crippen LogP contribution in [0.5, 0.6) is 5.75 Å². The van der Waals surface area contributed by atoms with Crippen molar-refractivity contribution < 1.29 is 72.1 Å². The second-order valence-corrected chi connectivity index (χ2v) is 22.5. The van der Waals surface area contributed by atoms with Crippen molar-refractivity contribution in [2.75, 3.05) is 46.4 Å². The Kier molecular flexibility index (Phi) is 20.6. The van der Waals surface area contributed by atoms with E-state index in [1.165, 1.54) is 4.57 Å². The van der Waals surface area contributed by atoms with Crippen LogP contribution in [0.1, 0.15) is 115 Å². The summed E-state index contributed by atoms with van der Waals surface area (Å²) in [6.07, 6.45) is 3.18. The summed E-state index contributed by atoms with van der Waals surface area (Å²) in [6, 6.07) is 3.23. The van der Waals surface area contributed by atoms with Crippen LogP contribution in [0, 0.1) is 0 Å². The summed E-state index contributed by atoms with van der Waals surface area (Å²) in [5, 5.41) is 30.8. The van der Waals surface area contributed by atoms with Gasteiger partial charge in [0.2, 0.25) is 29.5 Å². The standard InChI is InChI=1S/C58H73N11O16/c1-8-58(82)37-29-39-48-33(31-69(39)53(79)36(37)32-83-54(58)80)28-34-35(30-59-7)40(16-15-38(34)63-48)85-55(81)62-24-23-60-41(70)12-9-22-61-51(77)49(64-42(71)13-10-25-67-44(73)17-18-45(67)74)50(52(78)66-57(5,6)21-27-84-56(2,3)4)65-43(72)14-11-26-68-46(75)19-20-47(68)76/h15-20,28-29,49-50,59,82H,8-14,21-27,30-32H2,1-7H3,(H,60,70)(H,61,77)(H,62,81)(H,64,71)(H,65,72)(H,66,78)/t49-,50-,58-/m0/s1. The largest absolute Gasteiger partial charge is 0.458 e. The van der Waals surface area contributed by atoms with Gasteiger partial charge in [0.25, 0.3) is 29.2 Å². The number of hydrogen-bond donors (Lipinski definition) is 8. The van der Waals surface area contributed by atoms with Gasteiger partial charge in [-0.1, -0.05) is 6.92 Å². The number of hydrogen-bond acceptors (Lipinski definition) is 18. The van der Waals surface area contributed by atoms with Gasteiger partial charge in [-0.15, -0.1) is 0 Å². The minimum Gasteiger partial charge on any atom is -0.458 e. The van der Waals surface area contributed by atoms with Gasteiger partial charge in [0.1, 0.15) is 24.4 Å². The topological polar surface area (TPSA) is 361 Å². The maximum Gasteiger partial charge on any atom is 0.412 e. The SMILES string of the molecule is CC[C@@]1(O)C(=O)OCc2c1cc1n(c2=O)Cc2cc3c(CNC)c(OC(=O)NCCNC(=O)CCCNC(=O)[C@@H](NC(=O)CCCN4C(=O)C=CC4=O)[C@H](NC(=O)CCCN4C(=O)C=CC4=O)C(=O)NC(C)(C)CCOC(C)(C)C)ccc3nc2-1. The normalized spacial score (nSPS) is 16.8. The molecule has 6 heterocycles. The molecule has 456 valence electrons. The first kappa shape index (κ1) is 63.9. The molecule has 3 atom stereocenters. The van der Waals surface area contributed by atoms with E-state index in [0.29, 0.717) is 39.8 Å². The van der Waals surface area contributed by atoms with E-state index in [1.807, 2.05) is 26.8 Å². The van der Waals surface area contributed by atoms with E-state index >= 15 is 0 Å². The molecule has 0 unspecified atom stereocenters. The Balaban J connectivity index is 0.949.